The molecule has 188 valence electrons. The van der Waals surface area contributed by atoms with E-state index in [9.17, 15) is 9.36 Å². The second-order valence-corrected chi connectivity index (χ2v) is 10.7. The molecule has 1 saturated heterocycles. The van der Waals surface area contributed by atoms with E-state index in [1.54, 1.807) is 49.0 Å². The highest BCUT2D eigenvalue weighted by molar-refractivity contribution is 7.57. The second kappa shape index (κ2) is 10.3. The molecule has 0 unspecified atom stereocenters. The first-order valence-corrected chi connectivity index (χ1v) is 13.0. The highest BCUT2D eigenvalue weighted by Gasteiger charge is 2.52. The molecule has 13 heteroatoms. The van der Waals surface area contributed by atoms with E-state index in [0.717, 1.165) is 0 Å². The number of nitrogens with zero attached hydrogens (tertiary/aromatic N) is 4. The summed E-state index contributed by atoms with van der Waals surface area (Å²) in [5.74, 6) is 0.111. The molecule has 1 fully saturated rings. The Morgan fingerprint density at radius 3 is 2.63 bits per heavy atom. The van der Waals surface area contributed by atoms with Crippen LogP contribution >= 0.6 is 7.52 Å². The largest absolute Gasteiger partial charge is 0.461 e. The summed E-state index contributed by atoms with van der Waals surface area (Å²) in [4.78, 5) is 25.2. The number of nitrogen functional groups attached to an aromatic ring is 1. The first kappa shape index (κ1) is 25.1. The molecule has 2 atom stereocenters. The summed E-state index contributed by atoms with van der Waals surface area (Å²) in [7, 11) is -3.75. The van der Waals surface area contributed by atoms with Gasteiger partial charge in [0.05, 0.1) is 38.3 Å². The number of benzene rings is 1. The van der Waals surface area contributed by atoms with E-state index in [0.29, 0.717) is 23.5 Å². The number of hydrogen-bond acceptors (Lipinski definition) is 10. The third-order valence-electron chi connectivity index (χ3n) is 5.22. The van der Waals surface area contributed by atoms with Gasteiger partial charge in [0.1, 0.15) is 23.9 Å². The normalized spacial score (nSPS) is 17.5. The van der Waals surface area contributed by atoms with Crippen LogP contribution in [0.5, 0.6) is 5.75 Å². The van der Waals surface area contributed by atoms with Crippen molar-refractivity contribution in [2.45, 2.75) is 45.1 Å². The highest BCUT2D eigenvalue weighted by atomic mass is 31.2. The Kier molecular flexibility index (Phi) is 7.36. The molecule has 3 aromatic rings. The maximum Gasteiger partial charge on any atom is 0.343 e. The van der Waals surface area contributed by atoms with Crippen molar-refractivity contribution in [3.05, 3.63) is 43.0 Å². The average Bonchev–Trinajstić information content (AvgIpc) is 3.19. The van der Waals surface area contributed by atoms with Gasteiger partial charge in [0.2, 0.25) is 0 Å². The highest BCUT2D eigenvalue weighted by Crippen LogP contribution is 2.47. The van der Waals surface area contributed by atoms with E-state index in [1.807, 2.05) is 13.0 Å². The quantitative estimate of drug-likeness (QED) is 0.292. The molecule has 3 N–H and O–H groups in total. The van der Waals surface area contributed by atoms with E-state index in [-0.39, 0.29) is 31.5 Å². The van der Waals surface area contributed by atoms with Crippen molar-refractivity contribution >= 4 is 30.5 Å². The van der Waals surface area contributed by atoms with Crippen molar-refractivity contribution in [1.82, 2.24) is 24.6 Å². The van der Waals surface area contributed by atoms with Gasteiger partial charge in [-0.15, -0.1) is 0 Å². The van der Waals surface area contributed by atoms with Crippen molar-refractivity contribution in [3.8, 4) is 5.75 Å². The van der Waals surface area contributed by atoms with Crippen LogP contribution in [0.4, 0.5) is 5.82 Å². The number of ether oxygens (including phenoxy) is 3. The number of fused-ring (bicyclic) bond motifs is 1. The summed E-state index contributed by atoms with van der Waals surface area (Å²) >= 11 is 0. The van der Waals surface area contributed by atoms with Gasteiger partial charge in [0.15, 0.2) is 17.0 Å². The predicted octanol–water partition coefficient (Wildman–Crippen LogP) is 2.35. The smallest absolute Gasteiger partial charge is 0.343 e. The molecule has 0 amide bonds. The van der Waals surface area contributed by atoms with Crippen LogP contribution in [0.3, 0.4) is 0 Å². The third-order valence-corrected chi connectivity index (χ3v) is 6.99. The van der Waals surface area contributed by atoms with Crippen LogP contribution in [0, 0.1) is 0 Å². The van der Waals surface area contributed by atoms with Crippen molar-refractivity contribution in [1.29, 1.82) is 0 Å². The Morgan fingerprint density at radius 1 is 1.23 bits per heavy atom. The minimum atomic E-state index is -3.75. The number of hydrogen-bond donors (Lipinski definition) is 2. The fourth-order valence-electron chi connectivity index (χ4n) is 3.51. The summed E-state index contributed by atoms with van der Waals surface area (Å²) in [5.41, 5.74) is 5.63. The first-order valence-electron chi connectivity index (χ1n) is 11.1. The van der Waals surface area contributed by atoms with E-state index < -0.39 is 25.1 Å². The number of imidazole rings is 1. The van der Waals surface area contributed by atoms with Crippen LogP contribution in [-0.4, -0.2) is 62.8 Å². The maximum atomic E-state index is 14.0. The molecule has 1 aliphatic rings. The fraction of sp³-hybridized carbons (Fsp3) is 0.455. The van der Waals surface area contributed by atoms with Gasteiger partial charge >= 0.3 is 13.5 Å². The van der Waals surface area contributed by atoms with E-state index in [1.165, 1.54) is 6.33 Å². The molecule has 12 nitrogen and oxygen atoms in total. The number of esters is 1. The Hall–Kier alpha value is -3.05. The molecule has 35 heavy (non-hydrogen) atoms. The van der Waals surface area contributed by atoms with Crippen LogP contribution in [0.15, 0.2) is 43.0 Å². The summed E-state index contributed by atoms with van der Waals surface area (Å²) < 4.78 is 38.2. The molecule has 3 heterocycles. The molecule has 2 aromatic heterocycles. The van der Waals surface area contributed by atoms with Crippen LogP contribution < -0.4 is 15.3 Å². The lowest BCUT2D eigenvalue weighted by atomic mass is 10.00. The summed E-state index contributed by atoms with van der Waals surface area (Å²) in [5, 5.41) is 2.90. The molecule has 1 aromatic carbocycles. The summed E-state index contributed by atoms with van der Waals surface area (Å²) in [6.45, 7) is 5.69. The fourth-order valence-corrected chi connectivity index (χ4v) is 5.46. The summed E-state index contributed by atoms with van der Waals surface area (Å²) in [6.07, 6.45) is 1.91. The zero-order valence-electron chi connectivity index (χ0n) is 19.8. The number of nitrogens with one attached hydrogen (secondary N) is 1. The molecule has 0 spiro atoms. The molecular weight excluding hydrogens is 475 g/mol. The van der Waals surface area contributed by atoms with Gasteiger partial charge in [-0.3, -0.25) is 4.57 Å². The van der Waals surface area contributed by atoms with E-state index in [4.69, 9.17) is 24.5 Å². The Balaban J connectivity index is 1.49. The third kappa shape index (κ3) is 5.79. The minimum Gasteiger partial charge on any atom is -0.461 e. The topological polar surface area (TPSA) is 153 Å². The van der Waals surface area contributed by atoms with E-state index >= 15 is 0 Å². The Bertz CT molecular complexity index is 1220. The van der Waals surface area contributed by atoms with Gasteiger partial charge in [0, 0.05) is 0 Å². The minimum absolute atomic E-state index is 0.0123. The van der Waals surface area contributed by atoms with Crippen molar-refractivity contribution in [2.75, 3.05) is 25.3 Å². The monoisotopic (exact) mass is 504 g/mol. The van der Waals surface area contributed by atoms with Crippen molar-refractivity contribution < 1.29 is 28.1 Å². The van der Waals surface area contributed by atoms with Gasteiger partial charge in [0.25, 0.3) is 0 Å². The lowest BCUT2D eigenvalue weighted by Crippen LogP contribution is -2.65. The SMILES string of the molecule is CC(C)OC(=O)C1(N[P@](=O)(CO[C@H](C)Cn2cnc3c(N)ncnc32)Oc2ccccc2)COC1. The van der Waals surface area contributed by atoms with Crippen LogP contribution in [0.1, 0.15) is 20.8 Å². The standard InChI is InChI=1S/C22H29N6O6P/c1-15(2)33-21(29)22(10-31-11-22)27-35(30,34-17-7-5-4-6-8-17)14-32-16(3)9-28-13-26-18-19(23)24-12-25-20(18)28/h4-8,12-13,15-16H,9-11,14H2,1-3H3,(H,27,30)(H2,23,24,25)/t16-,35+/m1/s1. The lowest BCUT2D eigenvalue weighted by Gasteiger charge is -2.41. The van der Waals surface area contributed by atoms with Gasteiger partial charge in [-0.05, 0) is 32.9 Å². The first-order chi connectivity index (χ1) is 16.7. The predicted molar refractivity (Wildman–Crippen MR) is 128 cm³/mol. The number of carbonyl (C=O) groups excluding carboxylic acids is 1. The number of nitrogens with two attached hydrogens (primary N) is 1. The second-order valence-electron chi connectivity index (χ2n) is 8.65. The number of anilines is 1. The number of carbonyl (C=O) groups is 1. The van der Waals surface area contributed by atoms with Crippen LogP contribution in [-0.2, 0) is 30.1 Å². The van der Waals surface area contributed by atoms with Crippen LogP contribution in [0.25, 0.3) is 11.2 Å². The van der Waals surface area contributed by atoms with Gasteiger partial charge in [-0.2, -0.15) is 0 Å². The zero-order chi connectivity index (χ0) is 25.1. The van der Waals surface area contributed by atoms with E-state index in [2.05, 4.69) is 20.0 Å². The lowest BCUT2D eigenvalue weighted by molar-refractivity contribution is -0.174. The Morgan fingerprint density at radius 2 is 1.97 bits per heavy atom. The molecule has 1 aliphatic heterocycles. The number of aromatic nitrogens is 4. The number of para-hydroxylation sites is 1. The van der Waals surface area contributed by atoms with Crippen LogP contribution in [0.2, 0.25) is 0 Å². The molecule has 4 rings (SSSR count). The average molecular weight is 504 g/mol. The van der Waals surface area contributed by atoms with Gasteiger partial charge in [-0.25, -0.2) is 24.8 Å². The van der Waals surface area contributed by atoms with Gasteiger partial charge in [-0.1, -0.05) is 18.2 Å². The molecular formula is C22H29N6O6P. The van der Waals surface area contributed by atoms with Gasteiger partial charge < -0.3 is 29.0 Å². The van der Waals surface area contributed by atoms with Crippen molar-refractivity contribution in [2.24, 2.45) is 0 Å². The molecule has 0 bridgehead atoms. The molecule has 0 saturated carbocycles. The molecule has 0 radical (unpaired) electrons. The Labute approximate surface area is 202 Å². The maximum absolute atomic E-state index is 14.0. The molecule has 0 aliphatic carbocycles. The zero-order valence-corrected chi connectivity index (χ0v) is 20.7. The van der Waals surface area contributed by atoms with Crippen molar-refractivity contribution in [3.63, 3.8) is 0 Å². The number of rotatable bonds is 11. The summed E-state index contributed by atoms with van der Waals surface area (Å²) in [6, 6.07) is 8.69.